The fourth-order valence-electron chi connectivity index (χ4n) is 2.64. The van der Waals surface area contributed by atoms with Crippen LogP contribution in [0.15, 0.2) is 53.6 Å². The average Bonchev–Trinajstić information content (AvgIpc) is 2.89. The summed E-state index contributed by atoms with van der Waals surface area (Å²) in [5.74, 6) is 0.398. The van der Waals surface area contributed by atoms with Gasteiger partial charge in [-0.2, -0.15) is 5.10 Å². The lowest BCUT2D eigenvalue weighted by molar-refractivity contribution is 0.227. The maximum atomic E-state index is 12.8. The summed E-state index contributed by atoms with van der Waals surface area (Å²) in [6, 6.07) is 12.9. The van der Waals surface area contributed by atoms with Crippen LogP contribution in [0.3, 0.4) is 0 Å². The number of hydrogen-bond acceptors (Lipinski definition) is 5. The van der Waals surface area contributed by atoms with Crippen molar-refractivity contribution < 1.29 is 13.2 Å². The van der Waals surface area contributed by atoms with Crippen molar-refractivity contribution in [3.63, 3.8) is 0 Å². The molecule has 0 amide bonds. The summed E-state index contributed by atoms with van der Waals surface area (Å²) in [5, 5.41) is 4.07. The smallest absolute Gasteiger partial charge is 0.268 e. The van der Waals surface area contributed by atoms with Crippen LogP contribution in [-0.2, 0) is 17.1 Å². The molecule has 2 heterocycles. The second kappa shape index (κ2) is 7.58. The largest absolute Gasteiger partial charge is 0.482 e. The Balaban J connectivity index is 1.90. The van der Waals surface area contributed by atoms with Crippen molar-refractivity contribution in [2.45, 2.75) is 24.8 Å². The second-order valence-corrected chi connectivity index (χ2v) is 7.93. The highest BCUT2D eigenvalue weighted by atomic mass is 35.5. The fourth-order valence-corrected chi connectivity index (χ4v) is 4.41. The van der Waals surface area contributed by atoms with Gasteiger partial charge in [0.1, 0.15) is 16.2 Å². The molecule has 142 valence electrons. The van der Waals surface area contributed by atoms with Crippen molar-refractivity contribution in [2.75, 3.05) is 4.72 Å². The molecule has 1 aromatic carbocycles. The number of halogens is 1. The van der Waals surface area contributed by atoms with E-state index in [0.717, 1.165) is 5.56 Å². The molecule has 1 atom stereocenters. The number of aromatic nitrogens is 3. The first-order chi connectivity index (χ1) is 12.8. The third-order valence-electron chi connectivity index (χ3n) is 3.94. The van der Waals surface area contributed by atoms with Crippen LogP contribution in [0.2, 0.25) is 5.15 Å². The predicted molar refractivity (Wildman–Crippen MR) is 103 cm³/mol. The van der Waals surface area contributed by atoms with E-state index in [0.29, 0.717) is 11.4 Å². The Labute approximate surface area is 163 Å². The summed E-state index contributed by atoms with van der Waals surface area (Å²) in [6.07, 6.45) is 1.19. The van der Waals surface area contributed by atoms with Gasteiger partial charge in [-0.25, -0.2) is 13.4 Å². The minimum absolute atomic E-state index is 0.0241. The Kier molecular flexibility index (Phi) is 5.38. The Bertz CT molecular complexity index is 1050. The average molecular weight is 407 g/mol. The van der Waals surface area contributed by atoms with E-state index in [2.05, 4.69) is 14.8 Å². The van der Waals surface area contributed by atoms with Gasteiger partial charge in [0.2, 0.25) is 0 Å². The standard InChI is InChI=1S/C18H19ClN4O3S/c1-12-16(17(19)23(3)21-12)27(24,25)22-18-15(10-7-11-20-18)26-13(2)14-8-5-4-6-9-14/h4-11,13H,1-3H3,(H,20,22)/t13-/m1/s1. The topological polar surface area (TPSA) is 86.1 Å². The first-order valence-electron chi connectivity index (χ1n) is 8.18. The SMILES string of the molecule is Cc1nn(C)c(Cl)c1S(=O)(=O)Nc1ncccc1O[C@H](C)c1ccccc1. The zero-order valence-electron chi connectivity index (χ0n) is 15.0. The quantitative estimate of drug-likeness (QED) is 0.674. The van der Waals surface area contributed by atoms with Crippen LogP contribution in [0.5, 0.6) is 5.75 Å². The molecule has 0 aliphatic heterocycles. The maximum Gasteiger partial charge on any atom is 0.268 e. The molecule has 0 aliphatic rings. The first kappa shape index (κ1) is 19.2. The van der Waals surface area contributed by atoms with Crippen molar-refractivity contribution in [3.8, 4) is 5.75 Å². The van der Waals surface area contributed by atoms with E-state index in [4.69, 9.17) is 16.3 Å². The molecule has 0 fully saturated rings. The van der Waals surface area contributed by atoms with Crippen molar-refractivity contribution in [1.29, 1.82) is 0 Å². The Morgan fingerprint density at radius 2 is 1.89 bits per heavy atom. The molecule has 9 heteroatoms. The number of hydrogen-bond donors (Lipinski definition) is 1. The third-order valence-corrected chi connectivity index (χ3v) is 5.98. The van der Waals surface area contributed by atoms with Gasteiger partial charge in [-0.15, -0.1) is 0 Å². The number of aryl methyl sites for hydroxylation is 2. The van der Waals surface area contributed by atoms with E-state index in [1.54, 1.807) is 26.1 Å². The third kappa shape index (κ3) is 4.06. The lowest BCUT2D eigenvalue weighted by atomic mass is 10.1. The number of benzene rings is 1. The van der Waals surface area contributed by atoms with Crippen LogP contribution in [0.1, 0.15) is 24.3 Å². The number of nitrogens with zero attached hydrogens (tertiary/aromatic N) is 3. The lowest BCUT2D eigenvalue weighted by Crippen LogP contribution is -2.16. The Morgan fingerprint density at radius 1 is 1.19 bits per heavy atom. The van der Waals surface area contributed by atoms with Gasteiger partial charge in [0.25, 0.3) is 10.0 Å². The van der Waals surface area contributed by atoms with E-state index in [1.165, 1.54) is 10.9 Å². The summed E-state index contributed by atoms with van der Waals surface area (Å²) < 4.78 is 35.3. The zero-order valence-corrected chi connectivity index (χ0v) is 16.6. The van der Waals surface area contributed by atoms with Crippen molar-refractivity contribution in [2.24, 2.45) is 7.05 Å². The number of sulfonamides is 1. The van der Waals surface area contributed by atoms with Gasteiger partial charge >= 0.3 is 0 Å². The molecule has 0 saturated heterocycles. The summed E-state index contributed by atoms with van der Waals surface area (Å²) in [4.78, 5) is 4.03. The van der Waals surface area contributed by atoms with E-state index in [9.17, 15) is 8.42 Å². The molecule has 27 heavy (non-hydrogen) atoms. The molecule has 0 saturated carbocycles. The minimum Gasteiger partial charge on any atom is -0.482 e. The number of pyridine rings is 1. The van der Waals surface area contributed by atoms with Gasteiger partial charge in [-0.1, -0.05) is 41.9 Å². The highest BCUT2D eigenvalue weighted by Gasteiger charge is 2.27. The van der Waals surface area contributed by atoms with E-state index >= 15 is 0 Å². The van der Waals surface area contributed by atoms with Crippen LogP contribution >= 0.6 is 11.6 Å². The van der Waals surface area contributed by atoms with Crippen LogP contribution < -0.4 is 9.46 Å². The molecule has 3 rings (SSSR count). The number of nitrogens with one attached hydrogen (secondary N) is 1. The second-order valence-electron chi connectivity index (χ2n) is 5.96. The summed E-state index contributed by atoms with van der Waals surface area (Å²) in [7, 11) is -2.41. The summed E-state index contributed by atoms with van der Waals surface area (Å²) in [6.45, 7) is 3.45. The van der Waals surface area contributed by atoms with Gasteiger partial charge in [-0.3, -0.25) is 9.40 Å². The van der Waals surface area contributed by atoms with Crippen molar-refractivity contribution in [1.82, 2.24) is 14.8 Å². The van der Waals surface area contributed by atoms with E-state index < -0.39 is 10.0 Å². The molecule has 0 bridgehead atoms. The van der Waals surface area contributed by atoms with Gasteiger partial charge in [-0.05, 0) is 31.5 Å². The Hall–Kier alpha value is -2.58. The van der Waals surface area contributed by atoms with E-state index in [1.807, 2.05) is 37.3 Å². The van der Waals surface area contributed by atoms with Crippen LogP contribution in [0.25, 0.3) is 0 Å². The number of rotatable bonds is 6. The predicted octanol–water partition coefficient (Wildman–Crippen LogP) is 3.72. The zero-order chi connectivity index (χ0) is 19.6. The molecule has 2 aromatic heterocycles. The highest BCUT2D eigenvalue weighted by molar-refractivity contribution is 7.92. The molecule has 0 spiro atoms. The minimum atomic E-state index is -3.98. The molecular formula is C18H19ClN4O3S. The van der Waals surface area contributed by atoms with Crippen LogP contribution in [0.4, 0.5) is 5.82 Å². The lowest BCUT2D eigenvalue weighted by Gasteiger charge is -2.17. The Morgan fingerprint density at radius 3 is 2.52 bits per heavy atom. The number of anilines is 1. The molecule has 0 aliphatic carbocycles. The molecular weight excluding hydrogens is 388 g/mol. The van der Waals surface area contributed by atoms with Gasteiger partial charge in [0.05, 0.1) is 5.69 Å². The van der Waals surface area contributed by atoms with Crippen LogP contribution in [-0.4, -0.2) is 23.2 Å². The van der Waals surface area contributed by atoms with Crippen molar-refractivity contribution >= 4 is 27.4 Å². The normalized spacial score (nSPS) is 12.6. The first-order valence-corrected chi connectivity index (χ1v) is 10.0. The summed E-state index contributed by atoms with van der Waals surface area (Å²) in [5.41, 5.74) is 1.26. The summed E-state index contributed by atoms with van der Waals surface area (Å²) >= 11 is 6.10. The molecule has 3 aromatic rings. The van der Waals surface area contributed by atoms with Crippen LogP contribution in [0, 0.1) is 6.92 Å². The van der Waals surface area contributed by atoms with Crippen molar-refractivity contribution in [3.05, 3.63) is 65.1 Å². The van der Waals surface area contributed by atoms with Gasteiger partial charge < -0.3 is 4.74 Å². The van der Waals surface area contributed by atoms with Gasteiger partial charge in [0.15, 0.2) is 11.6 Å². The molecule has 0 unspecified atom stereocenters. The molecule has 0 radical (unpaired) electrons. The van der Waals surface area contributed by atoms with E-state index in [-0.39, 0.29) is 22.0 Å². The van der Waals surface area contributed by atoms with Gasteiger partial charge in [0, 0.05) is 13.2 Å². The maximum absolute atomic E-state index is 12.8. The molecule has 1 N–H and O–H groups in total. The number of ether oxygens (including phenoxy) is 1. The molecule has 7 nitrogen and oxygen atoms in total. The fraction of sp³-hybridized carbons (Fsp3) is 0.222. The highest BCUT2D eigenvalue weighted by Crippen LogP contribution is 2.31. The monoisotopic (exact) mass is 406 g/mol.